The van der Waals surface area contributed by atoms with Crippen molar-refractivity contribution in [1.82, 2.24) is 9.97 Å². The molecule has 0 bridgehead atoms. The van der Waals surface area contributed by atoms with Crippen LogP contribution in [0.5, 0.6) is 0 Å². The zero-order chi connectivity index (χ0) is 12.3. The Kier molecular flexibility index (Phi) is 4.02. The molecular formula is C12H12BrN3S. The summed E-state index contributed by atoms with van der Waals surface area (Å²) in [7, 11) is 0. The molecule has 0 saturated carbocycles. The third kappa shape index (κ3) is 3.20. The lowest BCUT2D eigenvalue weighted by molar-refractivity contribution is 0.959. The number of hydrogen-bond donors (Lipinski definition) is 1. The van der Waals surface area contributed by atoms with Gasteiger partial charge in [-0.05, 0) is 37.4 Å². The fourth-order valence-corrected chi connectivity index (χ4v) is 1.93. The molecule has 1 aromatic carbocycles. The smallest absolute Gasteiger partial charge is 0.189 e. The van der Waals surface area contributed by atoms with Gasteiger partial charge in [0.05, 0.1) is 0 Å². The molecule has 0 unspecified atom stereocenters. The van der Waals surface area contributed by atoms with Crippen LogP contribution in [0.15, 0.2) is 40.1 Å². The van der Waals surface area contributed by atoms with E-state index < -0.39 is 0 Å². The monoisotopic (exact) mass is 309 g/mol. The van der Waals surface area contributed by atoms with Gasteiger partial charge in [0.2, 0.25) is 0 Å². The molecule has 0 fully saturated rings. The molecule has 3 nitrogen and oxygen atoms in total. The van der Waals surface area contributed by atoms with Crippen LogP contribution in [0.4, 0.5) is 11.5 Å². The van der Waals surface area contributed by atoms with Crippen molar-refractivity contribution < 1.29 is 0 Å². The van der Waals surface area contributed by atoms with E-state index in [-0.39, 0.29) is 0 Å². The van der Waals surface area contributed by atoms with Crippen LogP contribution in [-0.4, -0.2) is 16.2 Å². The van der Waals surface area contributed by atoms with Crippen molar-refractivity contribution in [2.75, 3.05) is 11.6 Å². The zero-order valence-electron chi connectivity index (χ0n) is 9.57. The number of nitrogens with one attached hydrogen (secondary N) is 1. The highest BCUT2D eigenvalue weighted by molar-refractivity contribution is 9.10. The minimum Gasteiger partial charge on any atom is -0.340 e. The SMILES string of the molecule is CSc1ncc(C)c(Nc2ccc(Br)cc2)n1. The van der Waals surface area contributed by atoms with Gasteiger partial charge in [-0.1, -0.05) is 27.7 Å². The molecule has 2 rings (SSSR count). The first kappa shape index (κ1) is 12.4. The minimum atomic E-state index is 0.773. The maximum Gasteiger partial charge on any atom is 0.189 e. The molecule has 17 heavy (non-hydrogen) atoms. The Morgan fingerprint density at radius 3 is 2.59 bits per heavy atom. The van der Waals surface area contributed by atoms with Gasteiger partial charge in [0.25, 0.3) is 0 Å². The van der Waals surface area contributed by atoms with E-state index in [1.54, 1.807) is 0 Å². The normalized spacial score (nSPS) is 10.3. The Hall–Kier alpha value is -1.07. The first-order valence-electron chi connectivity index (χ1n) is 5.09. The fraction of sp³-hybridized carbons (Fsp3) is 0.167. The first-order valence-corrected chi connectivity index (χ1v) is 7.11. The number of benzene rings is 1. The zero-order valence-corrected chi connectivity index (χ0v) is 12.0. The minimum absolute atomic E-state index is 0.773. The molecular weight excluding hydrogens is 298 g/mol. The average Bonchev–Trinajstić information content (AvgIpc) is 2.35. The van der Waals surface area contributed by atoms with E-state index >= 15 is 0 Å². The highest BCUT2D eigenvalue weighted by Gasteiger charge is 2.03. The quantitative estimate of drug-likeness (QED) is 0.686. The van der Waals surface area contributed by atoms with Gasteiger partial charge in [-0.15, -0.1) is 0 Å². The summed E-state index contributed by atoms with van der Waals surface area (Å²) in [5, 5.41) is 4.06. The van der Waals surface area contributed by atoms with Crippen molar-refractivity contribution in [1.29, 1.82) is 0 Å². The van der Waals surface area contributed by atoms with Crippen molar-refractivity contribution in [3.63, 3.8) is 0 Å². The third-order valence-corrected chi connectivity index (χ3v) is 3.33. The molecule has 0 spiro atoms. The summed E-state index contributed by atoms with van der Waals surface area (Å²) in [6.45, 7) is 1.99. The van der Waals surface area contributed by atoms with Crippen LogP contribution in [0.3, 0.4) is 0 Å². The molecule has 2 aromatic rings. The molecule has 1 aromatic heterocycles. The van der Waals surface area contributed by atoms with Gasteiger partial charge in [0.1, 0.15) is 5.82 Å². The lowest BCUT2D eigenvalue weighted by atomic mass is 10.3. The van der Waals surface area contributed by atoms with Gasteiger partial charge < -0.3 is 5.32 Å². The Bertz CT molecular complexity index is 514. The molecule has 0 radical (unpaired) electrons. The second-order valence-electron chi connectivity index (χ2n) is 3.52. The summed E-state index contributed by atoms with van der Waals surface area (Å²) in [6, 6.07) is 8.00. The van der Waals surface area contributed by atoms with Crippen molar-refractivity contribution >= 4 is 39.2 Å². The van der Waals surface area contributed by atoms with E-state index in [9.17, 15) is 0 Å². The number of aryl methyl sites for hydroxylation is 1. The van der Waals surface area contributed by atoms with Gasteiger partial charge in [-0.3, -0.25) is 0 Å². The van der Waals surface area contributed by atoms with Crippen LogP contribution >= 0.6 is 27.7 Å². The second kappa shape index (κ2) is 5.51. The molecule has 0 amide bonds. The summed E-state index contributed by atoms with van der Waals surface area (Å²) in [5.74, 6) is 0.853. The molecule has 1 heterocycles. The van der Waals surface area contributed by atoms with Crippen LogP contribution in [-0.2, 0) is 0 Å². The van der Waals surface area contributed by atoms with E-state index in [1.807, 2.05) is 43.6 Å². The maximum atomic E-state index is 4.44. The topological polar surface area (TPSA) is 37.8 Å². The second-order valence-corrected chi connectivity index (χ2v) is 5.21. The van der Waals surface area contributed by atoms with E-state index in [0.29, 0.717) is 0 Å². The number of hydrogen-bond acceptors (Lipinski definition) is 4. The lowest BCUT2D eigenvalue weighted by Crippen LogP contribution is -1.98. The van der Waals surface area contributed by atoms with E-state index in [2.05, 4.69) is 31.2 Å². The molecule has 5 heteroatoms. The highest BCUT2D eigenvalue weighted by atomic mass is 79.9. The van der Waals surface area contributed by atoms with Crippen LogP contribution in [0.2, 0.25) is 0 Å². The summed E-state index contributed by atoms with van der Waals surface area (Å²) in [4.78, 5) is 8.66. The van der Waals surface area contributed by atoms with E-state index in [4.69, 9.17) is 0 Å². The predicted molar refractivity (Wildman–Crippen MR) is 76.0 cm³/mol. The van der Waals surface area contributed by atoms with Crippen LogP contribution in [0, 0.1) is 6.92 Å². The molecule has 0 atom stereocenters. The van der Waals surface area contributed by atoms with Crippen LogP contribution < -0.4 is 5.32 Å². The molecule has 0 aliphatic rings. The van der Waals surface area contributed by atoms with Gasteiger partial charge in [0, 0.05) is 21.9 Å². The fourth-order valence-electron chi connectivity index (χ4n) is 1.32. The Balaban J connectivity index is 2.25. The van der Waals surface area contributed by atoms with E-state index in [1.165, 1.54) is 11.8 Å². The first-order chi connectivity index (χ1) is 8.19. The molecule has 0 aliphatic heterocycles. The van der Waals surface area contributed by atoms with Crippen LogP contribution in [0.25, 0.3) is 0 Å². The van der Waals surface area contributed by atoms with Gasteiger partial charge >= 0.3 is 0 Å². The summed E-state index contributed by atoms with van der Waals surface area (Å²) >= 11 is 4.95. The predicted octanol–water partition coefficient (Wildman–Crippen LogP) is 4.01. The number of aromatic nitrogens is 2. The Labute approximate surface area is 113 Å². The number of rotatable bonds is 3. The van der Waals surface area contributed by atoms with Crippen molar-refractivity contribution in [2.45, 2.75) is 12.1 Å². The van der Waals surface area contributed by atoms with Crippen molar-refractivity contribution in [2.24, 2.45) is 0 Å². The van der Waals surface area contributed by atoms with Gasteiger partial charge in [-0.25, -0.2) is 9.97 Å². The number of anilines is 2. The number of thioether (sulfide) groups is 1. The van der Waals surface area contributed by atoms with Gasteiger partial charge in [0.15, 0.2) is 5.16 Å². The molecule has 88 valence electrons. The standard InChI is InChI=1S/C12H12BrN3S/c1-8-7-14-12(17-2)16-11(8)15-10-5-3-9(13)4-6-10/h3-7H,1-2H3,(H,14,15,16). The molecule has 0 saturated heterocycles. The van der Waals surface area contributed by atoms with Crippen molar-refractivity contribution in [3.8, 4) is 0 Å². The number of halogens is 1. The largest absolute Gasteiger partial charge is 0.340 e. The summed E-state index contributed by atoms with van der Waals surface area (Å²) in [5.41, 5.74) is 2.05. The van der Waals surface area contributed by atoms with Crippen LogP contribution in [0.1, 0.15) is 5.56 Å². The Morgan fingerprint density at radius 2 is 1.94 bits per heavy atom. The Morgan fingerprint density at radius 1 is 1.24 bits per heavy atom. The lowest BCUT2D eigenvalue weighted by Gasteiger charge is -2.09. The average molecular weight is 310 g/mol. The third-order valence-electron chi connectivity index (χ3n) is 2.24. The summed E-state index contributed by atoms with van der Waals surface area (Å²) < 4.78 is 1.06. The van der Waals surface area contributed by atoms with Crippen molar-refractivity contribution in [3.05, 3.63) is 40.5 Å². The maximum absolute atomic E-state index is 4.44. The number of nitrogens with zero attached hydrogens (tertiary/aromatic N) is 2. The summed E-state index contributed by atoms with van der Waals surface area (Å²) in [6.07, 6.45) is 3.80. The molecule has 1 N–H and O–H groups in total. The van der Waals surface area contributed by atoms with Gasteiger partial charge in [-0.2, -0.15) is 0 Å². The van der Waals surface area contributed by atoms with E-state index in [0.717, 1.165) is 26.7 Å². The highest BCUT2D eigenvalue weighted by Crippen LogP contribution is 2.21. The molecule has 0 aliphatic carbocycles.